The predicted octanol–water partition coefficient (Wildman–Crippen LogP) is 4.35. The van der Waals surface area contributed by atoms with E-state index in [1.807, 2.05) is 48.5 Å². The van der Waals surface area contributed by atoms with Crippen LogP contribution in [0.5, 0.6) is 0 Å². The van der Waals surface area contributed by atoms with Crippen molar-refractivity contribution in [3.63, 3.8) is 0 Å². The molecule has 0 amide bonds. The molecule has 21 heavy (non-hydrogen) atoms. The Hall–Kier alpha value is -1.26. The molecule has 0 atom stereocenters. The molecule has 0 bridgehead atoms. The molecule has 0 spiro atoms. The highest BCUT2D eigenvalue weighted by Crippen LogP contribution is 2.11. The number of imidazole rings is 1. The van der Waals surface area contributed by atoms with Crippen LogP contribution in [0.25, 0.3) is 11.0 Å². The summed E-state index contributed by atoms with van der Waals surface area (Å²) in [5, 5.41) is 4.13. The van der Waals surface area contributed by atoms with Gasteiger partial charge in [-0.15, -0.1) is 24.8 Å². The molecule has 3 rings (SSSR count). The molecule has 3 nitrogen and oxygen atoms in total. The first kappa shape index (κ1) is 17.8. The zero-order valence-corrected chi connectivity index (χ0v) is 13.6. The highest BCUT2D eigenvalue weighted by atomic mass is 35.5. The van der Waals surface area contributed by atoms with Gasteiger partial charge in [0.2, 0.25) is 0 Å². The summed E-state index contributed by atoms with van der Waals surface area (Å²) in [6, 6.07) is 15.9. The Morgan fingerprint density at radius 3 is 2.38 bits per heavy atom. The summed E-state index contributed by atoms with van der Waals surface area (Å²) < 4.78 is 0. The third-order valence-electron chi connectivity index (χ3n) is 2.97. The molecule has 1 heterocycles. The summed E-state index contributed by atoms with van der Waals surface area (Å²) in [4.78, 5) is 7.82. The molecule has 3 aromatic rings. The second-order valence-electron chi connectivity index (χ2n) is 4.43. The molecule has 0 saturated carbocycles. The van der Waals surface area contributed by atoms with Gasteiger partial charge in [0.1, 0.15) is 5.82 Å². The lowest BCUT2D eigenvalue weighted by Gasteiger charge is -2.02. The zero-order chi connectivity index (χ0) is 13.1. The number of para-hydroxylation sites is 2. The van der Waals surface area contributed by atoms with E-state index in [0.717, 1.165) is 35.0 Å². The van der Waals surface area contributed by atoms with Gasteiger partial charge in [0, 0.05) is 11.6 Å². The third-order valence-corrected chi connectivity index (χ3v) is 3.23. The first-order chi connectivity index (χ1) is 9.31. The Morgan fingerprint density at radius 2 is 1.67 bits per heavy atom. The summed E-state index contributed by atoms with van der Waals surface area (Å²) in [7, 11) is 0. The molecule has 0 aliphatic carbocycles. The molecule has 112 valence electrons. The summed E-state index contributed by atoms with van der Waals surface area (Å²) in [6.45, 7) is 1.52. The Labute approximate surface area is 140 Å². The van der Waals surface area contributed by atoms with Crippen LogP contribution in [0, 0.1) is 0 Å². The van der Waals surface area contributed by atoms with Gasteiger partial charge in [-0.2, -0.15) is 0 Å². The zero-order valence-electron chi connectivity index (χ0n) is 11.2. The van der Waals surface area contributed by atoms with E-state index in [-0.39, 0.29) is 24.8 Å². The lowest BCUT2D eigenvalue weighted by Crippen LogP contribution is -2.13. The average Bonchev–Trinajstić information content (AvgIpc) is 2.83. The largest absolute Gasteiger partial charge is 0.341 e. The van der Waals surface area contributed by atoms with E-state index in [1.165, 1.54) is 5.56 Å². The fourth-order valence-electron chi connectivity index (χ4n) is 2.02. The maximum Gasteiger partial charge on any atom is 0.121 e. The fraction of sp³-hybridized carbons (Fsp3) is 0.133. The van der Waals surface area contributed by atoms with Gasteiger partial charge in [0.05, 0.1) is 17.6 Å². The summed E-state index contributed by atoms with van der Waals surface area (Å²) >= 11 is 5.85. The van der Waals surface area contributed by atoms with E-state index in [0.29, 0.717) is 0 Å². The quantitative estimate of drug-likeness (QED) is 0.738. The van der Waals surface area contributed by atoms with E-state index in [1.54, 1.807) is 0 Å². The molecule has 1 aromatic heterocycles. The van der Waals surface area contributed by atoms with Crippen LogP contribution >= 0.6 is 36.4 Å². The standard InChI is InChI=1S/C15H14ClN3.2ClH/c16-12-7-5-11(6-8-12)9-17-10-15-18-13-3-1-2-4-14(13)19-15;;/h1-8,17H,9-10H2,(H,18,19);2*1H. The summed E-state index contributed by atoms with van der Waals surface area (Å²) in [5.41, 5.74) is 3.29. The van der Waals surface area contributed by atoms with Crippen molar-refractivity contribution in [3.05, 3.63) is 64.9 Å². The average molecular weight is 345 g/mol. The smallest absolute Gasteiger partial charge is 0.121 e. The van der Waals surface area contributed by atoms with Crippen LogP contribution in [0.1, 0.15) is 11.4 Å². The molecule has 0 aliphatic rings. The molecular formula is C15H16Cl3N3. The molecule has 0 saturated heterocycles. The van der Waals surface area contributed by atoms with Crippen LogP contribution in [0.2, 0.25) is 5.02 Å². The van der Waals surface area contributed by atoms with Gasteiger partial charge >= 0.3 is 0 Å². The molecule has 2 aromatic carbocycles. The number of aromatic nitrogens is 2. The van der Waals surface area contributed by atoms with Crippen molar-refractivity contribution in [3.8, 4) is 0 Å². The third kappa shape index (κ3) is 4.61. The van der Waals surface area contributed by atoms with Gasteiger partial charge in [0.15, 0.2) is 0 Å². The minimum atomic E-state index is 0. The van der Waals surface area contributed by atoms with Crippen LogP contribution in [-0.2, 0) is 13.1 Å². The normalized spacial score (nSPS) is 9.95. The monoisotopic (exact) mass is 343 g/mol. The van der Waals surface area contributed by atoms with Crippen LogP contribution in [-0.4, -0.2) is 9.97 Å². The number of halogens is 3. The van der Waals surface area contributed by atoms with Crippen molar-refractivity contribution in [2.75, 3.05) is 0 Å². The molecular weight excluding hydrogens is 329 g/mol. The van der Waals surface area contributed by atoms with Crippen molar-refractivity contribution in [2.24, 2.45) is 0 Å². The second-order valence-corrected chi connectivity index (χ2v) is 4.87. The minimum Gasteiger partial charge on any atom is -0.341 e. The Balaban J connectivity index is 0.00000110. The number of fused-ring (bicyclic) bond motifs is 1. The summed E-state index contributed by atoms with van der Waals surface area (Å²) in [5.74, 6) is 0.954. The molecule has 6 heteroatoms. The van der Waals surface area contributed by atoms with Crippen molar-refractivity contribution >= 4 is 47.4 Å². The topological polar surface area (TPSA) is 40.7 Å². The SMILES string of the molecule is Cl.Cl.Clc1ccc(CNCc2nc3ccccc3[nH]2)cc1. The molecule has 2 N–H and O–H groups in total. The van der Waals surface area contributed by atoms with Crippen molar-refractivity contribution < 1.29 is 0 Å². The Bertz CT molecular complexity index is 647. The van der Waals surface area contributed by atoms with Crippen molar-refractivity contribution in [1.82, 2.24) is 15.3 Å². The van der Waals surface area contributed by atoms with Crippen LogP contribution in [0.4, 0.5) is 0 Å². The van der Waals surface area contributed by atoms with Crippen molar-refractivity contribution in [1.29, 1.82) is 0 Å². The number of benzene rings is 2. The van der Waals surface area contributed by atoms with Gasteiger partial charge < -0.3 is 10.3 Å². The second kappa shape index (κ2) is 8.25. The number of rotatable bonds is 4. The lowest BCUT2D eigenvalue weighted by molar-refractivity contribution is 0.670. The van der Waals surface area contributed by atoms with Crippen LogP contribution < -0.4 is 5.32 Å². The summed E-state index contributed by atoms with van der Waals surface area (Å²) in [6.07, 6.45) is 0. The van der Waals surface area contributed by atoms with Crippen LogP contribution in [0.3, 0.4) is 0 Å². The van der Waals surface area contributed by atoms with Gasteiger partial charge in [-0.25, -0.2) is 4.98 Å². The van der Waals surface area contributed by atoms with Gasteiger partial charge in [-0.3, -0.25) is 0 Å². The Kier molecular flexibility index (Phi) is 6.99. The van der Waals surface area contributed by atoms with Gasteiger partial charge in [0.25, 0.3) is 0 Å². The van der Waals surface area contributed by atoms with Crippen molar-refractivity contribution in [2.45, 2.75) is 13.1 Å². The molecule has 0 aliphatic heterocycles. The minimum absolute atomic E-state index is 0. The predicted molar refractivity (Wildman–Crippen MR) is 92.6 cm³/mol. The number of H-pyrrole nitrogens is 1. The van der Waals surface area contributed by atoms with Gasteiger partial charge in [-0.05, 0) is 29.8 Å². The van der Waals surface area contributed by atoms with E-state index in [9.17, 15) is 0 Å². The number of hydrogen-bond donors (Lipinski definition) is 2. The van der Waals surface area contributed by atoms with Gasteiger partial charge in [-0.1, -0.05) is 35.9 Å². The first-order valence-corrected chi connectivity index (χ1v) is 6.58. The maximum atomic E-state index is 5.85. The van der Waals surface area contributed by atoms with E-state index in [2.05, 4.69) is 15.3 Å². The lowest BCUT2D eigenvalue weighted by atomic mass is 10.2. The number of aromatic amines is 1. The number of nitrogens with one attached hydrogen (secondary N) is 2. The first-order valence-electron chi connectivity index (χ1n) is 6.20. The highest BCUT2D eigenvalue weighted by molar-refractivity contribution is 6.30. The highest BCUT2D eigenvalue weighted by Gasteiger charge is 2.01. The number of nitrogens with zero attached hydrogens (tertiary/aromatic N) is 1. The molecule has 0 fully saturated rings. The fourth-order valence-corrected chi connectivity index (χ4v) is 2.14. The Morgan fingerprint density at radius 1 is 0.952 bits per heavy atom. The van der Waals surface area contributed by atoms with Crippen LogP contribution in [0.15, 0.2) is 48.5 Å². The van der Waals surface area contributed by atoms with E-state index in [4.69, 9.17) is 11.6 Å². The maximum absolute atomic E-state index is 5.85. The van der Waals surface area contributed by atoms with E-state index < -0.39 is 0 Å². The van der Waals surface area contributed by atoms with E-state index >= 15 is 0 Å². The molecule has 0 radical (unpaired) electrons. The number of hydrogen-bond acceptors (Lipinski definition) is 2. The molecule has 0 unspecified atom stereocenters.